The summed E-state index contributed by atoms with van der Waals surface area (Å²) in [6.07, 6.45) is 0.0250. The Kier molecular flexibility index (Phi) is 11.5. The second-order valence-corrected chi connectivity index (χ2v) is 11.1. The lowest BCUT2D eigenvalue weighted by atomic mass is 10.1. The molecule has 1 aromatic heterocycles. The van der Waals surface area contributed by atoms with Gasteiger partial charge in [0.15, 0.2) is 0 Å². The Hall–Kier alpha value is -4.16. The number of rotatable bonds is 13. The first kappa shape index (κ1) is 31.4. The third kappa shape index (κ3) is 8.92. The number of nitrogens with one attached hydrogen (secondary N) is 3. The number of hydrogen-bond donors (Lipinski definition) is 4. The Morgan fingerprint density at radius 2 is 1.63 bits per heavy atom. The zero-order valence-corrected chi connectivity index (χ0v) is 24.4. The number of carbonyl (C=O) groups excluding carboxylic acids is 4. The number of thiophene rings is 1. The molecular formula is C29H31N3O7S2. The van der Waals surface area contributed by atoms with Gasteiger partial charge in [0.25, 0.3) is 5.91 Å². The molecule has 2 aromatic carbocycles. The van der Waals surface area contributed by atoms with Crippen LogP contribution in [0.15, 0.2) is 59.5 Å². The summed E-state index contributed by atoms with van der Waals surface area (Å²) in [5.74, 6) is -2.89. The third-order valence-corrected chi connectivity index (χ3v) is 8.29. The monoisotopic (exact) mass is 597 g/mol. The Balaban J connectivity index is 1.78. The van der Waals surface area contributed by atoms with Crippen LogP contribution in [0.4, 0.5) is 16.4 Å². The van der Waals surface area contributed by atoms with E-state index in [0.29, 0.717) is 28.3 Å². The van der Waals surface area contributed by atoms with Crippen LogP contribution in [0.1, 0.15) is 58.7 Å². The van der Waals surface area contributed by atoms with E-state index < -0.39 is 29.0 Å². The molecule has 0 bridgehead atoms. The van der Waals surface area contributed by atoms with Crippen LogP contribution < -0.4 is 16.0 Å². The van der Waals surface area contributed by atoms with Crippen molar-refractivity contribution in [3.8, 4) is 0 Å². The number of aliphatic carboxylic acids is 1. The number of carboxylic acid groups (broad SMARTS) is 1. The fourth-order valence-corrected chi connectivity index (χ4v) is 5.85. The second kappa shape index (κ2) is 15.0. The number of hydrogen-bond acceptors (Lipinski definition) is 8. The van der Waals surface area contributed by atoms with Crippen molar-refractivity contribution >= 4 is 69.1 Å². The van der Waals surface area contributed by atoms with E-state index in [2.05, 4.69) is 16.0 Å². The van der Waals surface area contributed by atoms with Crippen LogP contribution in [0.25, 0.3) is 0 Å². The Bertz CT molecular complexity index is 1420. The fourth-order valence-electron chi connectivity index (χ4n) is 3.75. The van der Waals surface area contributed by atoms with Crippen molar-refractivity contribution in [2.45, 2.75) is 50.2 Å². The summed E-state index contributed by atoms with van der Waals surface area (Å²) in [4.78, 5) is 63.0. The summed E-state index contributed by atoms with van der Waals surface area (Å²) >= 11 is 2.27. The maximum Gasteiger partial charge on any atom is 0.341 e. The van der Waals surface area contributed by atoms with Crippen LogP contribution in [-0.4, -0.2) is 46.6 Å². The number of carboxylic acids is 1. The van der Waals surface area contributed by atoms with Crippen LogP contribution in [0, 0.1) is 6.92 Å². The number of para-hydroxylation sites is 1. The summed E-state index contributed by atoms with van der Waals surface area (Å²) in [7, 11) is 0. The molecule has 41 heavy (non-hydrogen) atoms. The number of anilines is 3. The van der Waals surface area contributed by atoms with Gasteiger partial charge in [-0.1, -0.05) is 31.2 Å². The number of thioether (sulfide) groups is 1. The first-order valence-electron chi connectivity index (χ1n) is 12.9. The highest BCUT2D eigenvalue weighted by Crippen LogP contribution is 2.36. The Labute approximate surface area is 245 Å². The first-order chi connectivity index (χ1) is 19.6. The zero-order chi connectivity index (χ0) is 29.9. The molecule has 1 unspecified atom stereocenters. The minimum absolute atomic E-state index is 0.129. The zero-order valence-electron chi connectivity index (χ0n) is 22.8. The van der Waals surface area contributed by atoms with Crippen molar-refractivity contribution < 1.29 is 33.8 Å². The Morgan fingerprint density at radius 1 is 0.927 bits per heavy atom. The minimum atomic E-state index is -1.06. The molecule has 0 radical (unpaired) electrons. The van der Waals surface area contributed by atoms with E-state index in [1.165, 1.54) is 11.8 Å². The van der Waals surface area contributed by atoms with Crippen LogP contribution in [0.3, 0.4) is 0 Å². The van der Waals surface area contributed by atoms with Crippen LogP contribution >= 0.6 is 23.1 Å². The van der Waals surface area contributed by atoms with Gasteiger partial charge in [-0.05, 0) is 56.2 Å². The van der Waals surface area contributed by atoms with Gasteiger partial charge in [-0.3, -0.25) is 19.2 Å². The lowest BCUT2D eigenvalue weighted by Gasteiger charge is -2.15. The predicted octanol–water partition coefficient (Wildman–Crippen LogP) is 5.80. The molecule has 3 rings (SSSR count). The van der Waals surface area contributed by atoms with E-state index in [-0.39, 0.29) is 40.8 Å². The summed E-state index contributed by atoms with van der Waals surface area (Å²) in [5.41, 5.74) is 1.61. The van der Waals surface area contributed by atoms with Gasteiger partial charge in [-0.15, -0.1) is 23.1 Å². The molecule has 0 aliphatic carbocycles. The van der Waals surface area contributed by atoms with E-state index in [9.17, 15) is 24.0 Å². The van der Waals surface area contributed by atoms with Crippen LogP contribution in [-0.2, 0) is 19.1 Å². The molecular weight excluding hydrogens is 566 g/mol. The molecule has 0 aliphatic heterocycles. The average Bonchev–Trinajstić information content (AvgIpc) is 3.26. The SMILES string of the molecule is CCOC(=O)c1c(NC(=O)C(CC)Sc2cccc(NC(=O)CCC(=O)O)c2)sc(C(=O)Nc2ccccc2)c1C. The third-order valence-electron chi connectivity index (χ3n) is 5.73. The highest BCUT2D eigenvalue weighted by atomic mass is 32.2. The predicted molar refractivity (Wildman–Crippen MR) is 160 cm³/mol. The molecule has 1 atom stereocenters. The van der Waals surface area contributed by atoms with Gasteiger partial charge in [-0.2, -0.15) is 0 Å². The van der Waals surface area contributed by atoms with E-state index in [1.807, 2.05) is 13.0 Å². The number of esters is 1. The number of carbonyl (C=O) groups is 5. The smallest absolute Gasteiger partial charge is 0.341 e. The second-order valence-electron chi connectivity index (χ2n) is 8.77. The van der Waals surface area contributed by atoms with Crippen LogP contribution in [0.5, 0.6) is 0 Å². The lowest BCUT2D eigenvalue weighted by molar-refractivity contribution is -0.138. The molecule has 3 aromatic rings. The summed E-state index contributed by atoms with van der Waals surface area (Å²) in [5, 5.41) is 16.7. The van der Waals surface area contributed by atoms with Gasteiger partial charge in [0.2, 0.25) is 11.8 Å². The van der Waals surface area contributed by atoms with Crippen molar-refractivity contribution in [1.82, 2.24) is 0 Å². The van der Waals surface area contributed by atoms with E-state index in [0.717, 1.165) is 11.3 Å². The van der Waals surface area contributed by atoms with E-state index in [1.54, 1.807) is 62.4 Å². The van der Waals surface area contributed by atoms with Crippen molar-refractivity contribution in [1.29, 1.82) is 0 Å². The van der Waals surface area contributed by atoms with Gasteiger partial charge in [0, 0.05) is 22.7 Å². The summed E-state index contributed by atoms with van der Waals surface area (Å²) in [6, 6.07) is 15.8. The topological polar surface area (TPSA) is 151 Å². The first-order valence-corrected chi connectivity index (χ1v) is 14.6. The molecule has 1 heterocycles. The van der Waals surface area contributed by atoms with E-state index in [4.69, 9.17) is 9.84 Å². The van der Waals surface area contributed by atoms with E-state index >= 15 is 0 Å². The van der Waals surface area contributed by atoms with Crippen molar-refractivity contribution in [2.24, 2.45) is 0 Å². The molecule has 0 saturated carbocycles. The maximum atomic E-state index is 13.4. The van der Waals surface area contributed by atoms with Gasteiger partial charge in [-0.25, -0.2) is 4.79 Å². The number of benzene rings is 2. The highest BCUT2D eigenvalue weighted by molar-refractivity contribution is 8.00. The van der Waals surface area contributed by atoms with Crippen molar-refractivity contribution in [3.05, 3.63) is 70.6 Å². The molecule has 216 valence electrons. The van der Waals surface area contributed by atoms with Crippen molar-refractivity contribution in [2.75, 3.05) is 22.6 Å². The number of ether oxygens (including phenoxy) is 1. The molecule has 0 aliphatic rings. The molecule has 4 N–H and O–H groups in total. The quantitative estimate of drug-likeness (QED) is 0.143. The largest absolute Gasteiger partial charge is 0.481 e. The highest BCUT2D eigenvalue weighted by Gasteiger charge is 2.28. The molecule has 3 amide bonds. The molecule has 0 saturated heterocycles. The molecule has 12 heteroatoms. The number of amides is 3. The van der Waals surface area contributed by atoms with Crippen LogP contribution in [0.2, 0.25) is 0 Å². The molecule has 0 spiro atoms. The minimum Gasteiger partial charge on any atom is -0.481 e. The lowest BCUT2D eigenvalue weighted by Crippen LogP contribution is -2.25. The standard InChI is InChI=1S/C29H31N3O7S2/c1-4-21(40-20-13-9-12-19(16-20)30-22(33)14-15-23(34)35)26(36)32-28-24(29(38)39-5-2)17(3)25(41-28)27(37)31-18-10-7-6-8-11-18/h6-13,16,21H,4-5,14-15H2,1-3H3,(H,30,33)(H,31,37)(H,32,36)(H,34,35). The maximum absolute atomic E-state index is 13.4. The molecule has 0 fully saturated rings. The van der Waals surface area contributed by atoms with Gasteiger partial charge >= 0.3 is 11.9 Å². The summed E-state index contributed by atoms with van der Waals surface area (Å²) < 4.78 is 5.21. The fraction of sp³-hybridized carbons (Fsp3) is 0.276. The van der Waals surface area contributed by atoms with Gasteiger partial charge in [0.05, 0.1) is 28.7 Å². The summed E-state index contributed by atoms with van der Waals surface area (Å²) in [6.45, 7) is 5.29. The van der Waals surface area contributed by atoms with Crippen molar-refractivity contribution in [3.63, 3.8) is 0 Å². The normalized spacial score (nSPS) is 11.3. The average molecular weight is 598 g/mol. The van der Waals surface area contributed by atoms with Gasteiger partial charge < -0.3 is 25.8 Å². The van der Waals surface area contributed by atoms with Gasteiger partial charge in [0.1, 0.15) is 5.00 Å². The molecule has 10 nitrogen and oxygen atoms in total. The Morgan fingerprint density at radius 3 is 2.29 bits per heavy atom.